The zero-order chi connectivity index (χ0) is 19.3. The van der Waals surface area contributed by atoms with E-state index >= 15 is 0 Å². The van der Waals surface area contributed by atoms with Gasteiger partial charge < -0.3 is 16.0 Å². The van der Waals surface area contributed by atoms with Gasteiger partial charge in [0.1, 0.15) is 11.9 Å². The van der Waals surface area contributed by atoms with Gasteiger partial charge in [-0.15, -0.1) is 10.2 Å². The predicted molar refractivity (Wildman–Crippen MR) is 95.7 cm³/mol. The van der Waals surface area contributed by atoms with Gasteiger partial charge in [-0.25, -0.2) is 9.97 Å². The van der Waals surface area contributed by atoms with E-state index in [2.05, 4.69) is 36.1 Å². The Bertz CT molecular complexity index is 807. The second-order valence-corrected chi connectivity index (χ2v) is 6.48. The summed E-state index contributed by atoms with van der Waals surface area (Å²) < 4.78 is 27.8. The van der Waals surface area contributed by atoms with Crippen molar-refractivity contribution in [2.24, 2.45) is 5.92 Å². The largest absolute Gasteiger partial charge is 0.383 e. The first kappa shape index (κ1) is 18.8. The van der Waals surface area contributed by atoms with E-state index in [1.165, 1.54) is 18.5 Å². The topological polar surface area (TPSA) is 111 Å². The van der Waals surface area contributed by atoms with Gasteiger partial charge >= 0.3 is 0 Å². The standard InChI is InChI=1S/C17H20F2N8/c1-17(18,19)16-13(23-8-11-2-4-21-5-3-11)6-14(26-27-16)25-15-10-22-12(7-20)9-24-15/h6,9-11,21H,2-5,8H2,1H3,(H2,23,24,25,26). The molecule has 1 fully saturated rings. The molecule has 0 saturated carbocycles. The summed E-state index contributed by atoms with van der Waals surface area (Å²) in [6, 6.07) is 3.36. The van der Waals surface area contributed by atoms with Crippen molar-refractivity contribution in [2.75, 3.05) is 30.3 Å². The molecule has 0 atom stereocenters. The number of hydrogen-bond acceptors (Lipinski definition) is 8. The third kappa shape index (κ3) is 5.04. The number of halogens is 2. The maximum Gasteiger partial charge on any atom is 0.290 e. The van der Waals surface area contributed by atoms with Gasteiger partial charge in [-0.05, 0) is 31.8 Å². The lowest BCUT2D eigenvalue weighted by Gasteiger charge is -2.24. The van der Waals surface area contributed by atoms with Crippen LogP contribution >= 0.6 is 0 Å². The molecule has 10 heteroatoms. The average molecular weight is 374 g/mol. The Hall–Kier alpha value is -2.93. The van der Waals surface area contributed by atoms with Gasteiger partial charge in [-0.1, -0.05) is 0 Å². The Labute approximate surface area is 155 Å². The molecule has 1 saturated heterocycles. The van der Waals surface area contributed by atoms with E-state index in [0.717, 1.165) is 32.9 Å². The molecule has 0 unspecified atom stereocenters. The fourth-order valence-electron chi connectivity index (χ4n) is 2.83. The highest BCUT2D eigenvalue weighted by molar-refractivity contribution is 5.60. The van der Waals surface area contributed by atoms with Gasteiger partial charge in [0.05, 0.1) is 18.1 Å². The van der Waals surface area contributed by atoms with Crippen molar-refractivity contribution in [3.63, 3.8) is 0 Å². The molecule has 3 rings (SSSR count). The Kier molecular flexibility index (Phi) is 5.71. The van der Waals surface area contributed by atoms with Gasteiger partial charge in [-0.3, -0.25) is 0 Å². The molecule has 3 heterocycles. The maximum absolute atomic E-state index is 13.9. The van der Waals surface area contributed by atoms with E-state index in [1.54, 1.807) is 0 Å². The molecule has 0 spiro atoms. The number of anilines is 3. The summed E-state index contributed by atoms with van der Waals surface area (Å²) in [5, 5.41) is 25.5. The van der Waals surface area contributed by atoms with Crippen molar-refractivity contribution >= 4 is 17.3 Å². The van der Waals surface area contributed by atoms with Crippen molar-refractivity contribution in [1.82, 2.24) is 25.5 Å². The molecule has 2 aromatic rings. The summed E-state index contributed by atoms with van der Waals surface area (Å²) in [4.78, 5) is 7.92. The zero-order valence-corrected chi connectivity index (χ0v) is 14.8. The molecule has 1 aliphatic heterocycles. The quantitative estimate of drug-likeness (QED) is 0.707. The van der Waals surface area contributed by atoms with Crippen molar-refractivity contribution in [1.29, 1.82) is 5.26 Å². The van der Waals surface area contributed by atoms with Crippen LogP contribution in [0.2, 0.25) is 0 Å². The highest BCUT2D eigenvalue weighted by Gasteiger charge is 2.31. The number of piperidine rings is 1. The lowest BCUT2D eigenvalue weighted by Crippen LogP contribution is -2.31. The fourth-order valence-corrected chi connectivity index (χ4v) is 2.83. The summed E-state index contributed by atoms with van der Waals surface area (Å²) in [5.74, 6) is -2.10. The number of rotatable bonds is 6. The van der Waals surface area contributed by atoms with Crippen LogP contribution in [0.3, 0.4) is 0 Å². The SMILES string of the molecule is CC(F)(F)c1nnc(Nc2cnc(C#N)cn2)cc1NCC1CCNCC1. The van der Waals surface area contributed by atoms with Gasteiger partial charge in [-0.2, -0.15) is 14.0 Å². The van der Waals surface area contributed by atoms with Crippen LogP contribution in [0, 0.1) is 17.2 Å². The molecule has 2 aromatic heterocycles. The molecule has 3 N–H and O–H groups in total. The van der Waals surface area contributed by atoms with Crippen molar-refractivity contribution in [3.8, 4) is 6.07 Å². The summed E-state index contributed by atoms with van der Waals surface area (Å²) in [6.45, 7) is 3.25. The maximum atomic E-state index is 13.9. The molecule has 0 radical (unpaired) electrons. The summed E-state index contributed by atoms with van der Waals surface area (Å²) in [5.41, 5.74) is 0.0185. The van der Waals surface area contributed by atoms with E-state index in [1.807, 2.05) is 6.07 Å². The third-order valence-corrected chi connectivity index (χ3v) is 4.27. The minimum atomic E-state index is -3.11. The molecule has 0 bridgehead atoms. The summed E-state index contributed by atoms with van der Waals surface area (Å²) in [6.07, 6.45) is 4.66. The Morgan fingerprint density at radius 1 is 1.22 bits per heavy atom. The van der Waals surface area contributed by atoms with Crippen molar-refractivity contribution in [3.05, 3.63) is 29.8 Å². The monoisotopic (exact) mass is 374 g/mol. The number of nitriles is 1. The zero-order valence-electron chi connectivity index (χ0n) is 14.8. The average Bonchev–Trinajstić information content (AvgIpc) is 2.67. The second-order valence-electron chi connectivity index (χ2n) is 6.48. The Morgan fingerprint density at radius 2 is 2.00 bits per heavy atom. The molecule has 0 amide bonds. The first-order valence-corrected chi connectivity index (χ1v) is 8.65. The normalized spacial score (nSPS) is 15.2. The molecule has 1 aliphatic rings. The van der Waals surface area contributed by atoms with Gasteiger partial charge in [0, 0.05) is 19.5 Å². The Morgan fingerprint density at radius 3 is 2.63 bits per heavy atom. The van der Waals surface area contributed by atoms with E-state index < -0.39 is 11.6 Å². The first-order chi connectivity index (χ1) is 13.0. The molecule has 0 aliphatic carbocycles. The van der Waals surface area contributed by atoms with Crippen LogP contribution in [0.1, 0.15) is 31.2 Å². The highest BCUT2D eigenvalue weighted by atomic mass is 19.3. The highest BCUT2D eigenvalue weighted by Crippen LogP contribution is 2.32. The lowest BCUT2D eigenvalue weighted by molar-refractivity contribution is 0.0127. The molecule has 27 heavy (non-hydrogen) atoms. The molecule has 142 valence electrons. The van der Waals surface area contributed by atoms with Crippen molar-refractivity contribution in [2.45, 2.75) is 25.7 Å². The number of nitrogens with zero attached hydrogens (tertiary/aromatic N) is 5. The van der Waals surface area contributed by atoms with Crippen LogP contribution in [0.25, 0.3) is 0 Å². The fraction of sp³-hybridized carbons (Fsp3) is 0.471. The van der Waals surface area contributed by atoms with E-state index in [0.29, 0.717) is 18.3 Å². The van der Waals surface area contributed by atoms with Gasteiger partial charge in [0.2, 0.25) is 0 Å². The number of nitrogens with one attached hydrogen (secondary N) is 3. The second kappa shape index (κ2) is 8.18. The number of aromatic nitrogens is 4. The Balaban J connectivity index is 1.77. The van der Waals surface area contributed by atoms with Crippen LogP contribution in [0.4, 0.5) is 26.1 Å². The predicted octanol–water partition coefficient (Wildman–Crippen LogP) is 2.41. The third-order valence-electron chi connectivity index (χ3n) is 4.27. The molecule has 0 aromatic carbocycles. The van der Waals surface area contributed by atoms with Crippen LogP contribution in [0.15, 0.2) is 18.5 Å². The van der Waals surface area contributed by atoms with Crippen LogP contribution in [-0.4, -0.2) is 39.8 Å². The molecular formula is C17H20F2N8. The van der Waals surface area contributed by atoms with E-state index in [4.69, 9.17) is 5.26 Å². The summed E-state index contributed by atoms with van der Waals surface area (Å²) in [7, 11) is 0. The van der Waals surface area contributed by atoms with Crippen LogP contribution in [-0.2, 0) is 5.92 Å². The van der Waals surface area contributed by atoms with Crippen LogP contribution in [0.5, 0.6) is 0 Å². The minimum Gasteiger partial charge on any atom is -0.383 e. The smallest absolute Gasteiger partial charge is 0.290 e. The van der Waals surface area contributed by atoms with Gasteiger partial charge in [0.15, 0.2) is 17.2 Å². The van der Waals surface area contributed by atoms with Crippen LogP contribution < -0.4 is 16.0 Å². The minimum absolute atomic E-state index is 0.178. The van der Waals surface area contributed by atoms with Gasteiger partial charge in [0.25, 0.3) is 5.92 Å². The first-order valence-electron chi connectivity index (χ1n) is 8.65. The number of alkyl halides is 2. The lowest BCUT2D eigenvalue weighted by atomic mass is 9.98. The molecule has 8 nitrogen and oxygen atoms in total. The van der Waals surface area contributed by atoms with E-state index in [9.17, 15) is 8.78 Å². The summed E-state index contributed by atoms with van der Waals surface area (Å²) >= 11 is 0. The molecular weight excluding hydrogens is 354 g/mol. The van der Waals surface area contributed by atoms with E-state index in [-0.39, 0.29) is 17.2 Å². The number of hydrogen-bond donors (Lipinski definition) is 3. The van der Waals surface area contributed by atoms with Crippen molar-refractivity contribution < 1.29 is 8.78 Å².